The molecule has 22 heavy (non-hydrogen) atoms. The fraction of sp³-hybridized carbons (Fsp3) is 0.471. The predicted molar refractivity (Wildman–Crippen MR) is 87.0 cm³/mol. The summed E-state index contributed by atoms with van der Waals surface area (Å²) in [6, 6.07) is 6.86. The molecule has 0 aromatic heterocycles. The molecule has 1 aromatic carbocycles. The van der Waals surface area contributed by atoms with Gasteiger partial charge in [0.15, 0.2) is 0 Å². The molecule has 1 aliphatic heterocycles. The van der Waals surface area contributed by atoms with Gasteiger partial charge in [-0.3, -0.25) is 0 Å². The van der Waals surface area contributed by atoms with Crippen LogP contribution in [-0.2, 0) is 14.8 Å². The quantitative estimate of drug-likeness (QED) is 0.633. The van der Waals surface area contributed by atoms with Crippen LogP contribution < -0.4 is 0 Å². The minimum absolute atomic E-state index is 0.0202. The van der Waals surface area contributed by atoms with E-state index in [4.69, 9.17) is 0 Å². The van der Waals surface area contributed by atoms with Crippen LogP contribution in [-0.4, -0.2) is 32.1 Å². The molecule has 1 saturated heterocycles. The number of benzene rings is 1. The van der Waals surface area contributed by atoms with E-state index in [0.29, 0.717) is 18.0 Å². The van der Waals surface area contributed by atoms with Gasteiger partial charge in [0.1, 0.15) is 6.29 Å². The smallest absolute Gasteiger partial charge is 0.243 e. The van der Waals surface area contributed by atoms with Crippen molar-refractivity contribution in [2.45, 2.75) is 25.7 Å². The lowest BCUT2D eigenvalue weighted by Crippen LogP contribution is -2.48. The Kier molecular flexibility index (Phi) is 4.87. The maximum absolute atomic E-state index is 12.8. The molecule has 4 nitrogen and oxygen atoms in total. The van der Waals surface area contributed by atoms with E-state index in [0.717, 1.165) is 17.4 Å². The van der Waals surface area contributed by atoms with Crippen molar-refractivity contribution in [3.63, 3.8) is 0 Å². The molecule has 0 bridgehead atoms. The topological polar surface area (TPSA) is 54.5 Å². The Morgan fingerprint density at radius 2 is 1.86 bits per heavy atom. The number of sulfonamides is 1. The van der Waals surface area contributed by atoms with Gasteiger partial charge in [0.05, 0.1) is 4.90 Å². The minimum atomic E-state index is -3.53. The molecule has 0 unspecified atom stereocenters. The Labute approximate surface area is 132 Å². The van der Waals surface area contributed by atoms with Crippen molar-refractivity contribution in [3.8, 4) is 0 Å². The first-order valence-electron chi connectivity index (χ1n) is 7.45. The van der Waals surface area contributed by atoms with Crippen LogP contribution in [0.3, 0.4) is 0 Å². The highest BCUT2D eigenvalue weighted by Crippen LogP contribution is 2.34. The van der Waals surface area contributed by atoms with Gasteiger partial charge in [-0.05, 0) is 31.9 Å². The number of carbonyl (C=O) groups is 1. The molecule has 120 valence electrons. The van der Waals surface area contributed by atoms with E-state index in [2.05, 4.69) is 6.58 Å². The summed E-state index contributed by atoms with van der Waals surface area (Å²) in [7, 11) is -3.53. The van der Waals surface area contributed by atoms with Crippen LogP contribution in [0, 0.1) is 24.7 Å². The van der Waals surface area contributed by atoms with Gasteiger partial charge < -0.3 is 4.79 Å². The Bertz CT molecular complexity index is 664. The number of hydrogen-bond donors (Lipinski definition) is 0. The van der Waals surface area contributed by atoms with Crippen LogP contribution >= 0.6 is 0 Å². The van der Waals surface area contributed by atoms with Crippen LogP contribution in [0.25, 0.3) is 0 Å². The molecule has 0 aliphatic carbocycles. The number of hydrogen-bond acceptors (Lipinski definition) is 3. The summed E-state index contributed by atoms with van der Waals surface area (Å²) in [6.45, 7) is 10.3. The van der Waals surface area contributed by atoms with Gasteiger partial charge in [0.25, 0.3) is 0 Å². The molecule has 0 amide bonds. The fourth-order valence-electron chi connectivity index (χ4n) is 3.02. The molecule has 0 N–H and O–H groups in total. The second kappa shape index (κ2) is 6.34. The number of aldehydes is 1. The summed E-state index contributed by atoms with van der Waals surface area (Å²) in [4.78, 5) is 11.6. The van der Waals surface area contributed by atoms with Crippen LogP contribution in [0.1, 0.15) is 19.4 Å². The summed E-state index contributed by atoms with van der Waals surface area (Å²) >= 11 is 0. The molecule has 2 rings (SSSR count). The summed E-state index contributed by atoms with van der Waals surface area (Å²) in [5, 5.41) is 0. The highest BCUT2D eigenvalue weighted by molar-refractivity contribution is 7.89. The molecule has 0 spiro atoms. The zero-order valence-corrected chi connectivity index (χ0v) is 14.1. The highest BCUT2D eigenvalue weighted by atomic mass is 32.2. The van der Waals surface area contributed by atoms with Gasteiger partial charge in [-0.15, -0.1) is 0 Å². The molecule has 1 fully saturated rings. The van der Waals surface area contributed by atoms with Crippen molar-refractivity contribution < 1.29 is 13.2 Å². The van der Waals surface area contributed by atoms with Crippen LogP contribution in [0.5, 0.6) is 0 Å². The lowest BCUT2D eigenvalue weighted by molar-refractivity contribution is -0.115. The van der Waals surface area contributed by atoms with E-state index in [1.165, 1.54) is 4.31 Å². The van der Waals surface area contributed by atoms with Crippen molar-refractivity contribution >= 4 is 16.3 Å². The predicted octanol–water partition coefficient (Wildman–Crippen LogP) is 2.64. The fourth-order valence-corrected chi connectivity index (χ4v) is 4.59. The van der Waals surface area contributed by atoms with Crippen LogP contribution in [0.4, 0.5) is 0 Å². The van der Waals surface area contributed by atoms with E-state index in [1.54, 1.807) is 24.3 Å². The van der Waals surface area contributed by atoms with Gasteiger partial charge in [-0.25, -0.2) is 8.42 Å². The SMILES string of the molecule is C=C(C)[C@@H]1CN(S(=O)(=O)c2ccc(C)cc2)C[C@H](C)[C@H]1C=O. The largest absolute Gasteiger partial charge is 0.303 e. The van der Waals surface area contributed by atoms with Gasteiger partial charge in [-0.2, -0.15) is 4.31 Å². The monoisotopic (exact) mass is 321 g/mol. The second-order valence-corrected chi connectivity index (χ2v) is 8.22. The minimum Gasteiger partial charge on any atom is -0.303 e. The molecule has 1 aliphatic rings. The first-order chi connectivity index (χ1) is 10.3. The van der Waals surface area contributed by atoms with E-state index in [9.17, 15) is 13.2 Å². The maximum atomic E-state index is 12.8. The van der Waals surface area contributed by atoms with Crippen molar-refractivity contribution in [1.29, 1.82) is 0 Å². The standard InChI is InChI=1S/C17H23NO3S/c1-12(2)16-10-18(9-14(4)17(16)11-19)22(20,21)15-7-5-13(3)6-8-15/h5-8,11,14,16-17H,1,9-10H2,2-4H3/t14-,16-,17+/m0/s1. The molecule has 0 radical (unpaired) electrons. The number of carbonyl (C=O) groups excluding carboxylic acids is 1. The lowest BCUT2D eigenvalue weighted by atomic mass is 9.77. The van der Waals surface area contributed by atoms with Crippen molar-refractivity contribution in [3.05, 3.63) is 42.0 Å². The summed E-state index contributed by atoms with van der Waals surface area (Å²) in [6.07, 6.45) is 0.944. The average molecular weight is 321 g/mol. The Balaban J connectivity index is 2.34. The number of rotatable bonds is 4. The van der Waals surface area contributed by atoms with Crippen LogP contribution in [0.2, 0.25) is 0 Å². The van der Waals surface area contributed by atoms with Crippen LogP contribution in [0.15, 0.2) is 41.3 Å². The van der Waals surface area contributed by atoms with Crippen molar-refractivity contribution in [1.82, 2.24) is 4.31 Å². The van der Waals surface area contributed by atoms with Gasteiger partial charge in [0.2, 0.25) is 10.0 Å². The van der Waals surface area contributed by atoms with E-state index < -0.39 is 10.0 Å². The summed E-state index contributed by atoms with van der Waals surface area (Å²) in [5.41, 5.74) is 1.87. The summed E-state index contributed by atoms with van der Waals surface area (Å²) < 4.78 is 27.1. The third-order valence-corrected chi connectivity index (χ3v) is 6.31. The third-order valence-electron chi connectivity index (χ3n) is 4.46. The summed E-state index contributed by atoms with van der Waals surface area (Å²) in [5.74, 6) is -0.309. The van der Waals surface area contributed by atoms with Crippen molar-refractivity contribution in [2.24, 2.45) is 17.8 Å². The number of aryl methyl sites for hydroxylation is 1. The normalized spacial score (nSPS) is 26.6. The second-order valence-electron chi connectivity index (χ2n) is 6.28. The molecule has 5 heteroatoms. The lowest BCUT2D eigenvalue weighted by Gasteiger charge is -2.40. The zero-order chi connectivity index (χ0) is 16.5. The Hall–Kier alpha value is -1.46. The molecular formula is C17H23NO3S. The van der Waals surface area contributed by atoms with E-state index in [1.807, 2.05) is 20.8 Å². The zero-order valence-electron chi connectivity index (χ0n) is 13.3. The average Bonchev–Trinajstić information content (AvgIpc) is 2.46. The molecule has 1 heterocycles. The van der Waals surface area contributed by atoms with Crippen molar-refractivity contribution in [2.75, 3.05) is 13.1 Å². The maximum Gasteiger partial charge on any atom is 0.243 e. The molecular weight excluding hydrogens is 298 g/mol. The van der Waals surface area contributed by atoms with E-state index in [-0.39, 0.29) is 17.8 Å². The number of piperidine rings is 1. The molecule has 1 aromatic rings. The third kappa shape index (κ3) is 3.15. The van der Waals surface area contributed by atoms with E-state index >= 15 is 0 Å². The van der Waals surface area contributed by atoms with Gasteiger partial charge in [0, 0.05) is 24.9 Å². The van der Waals surface area contributed by atoms with Gasteiger partial charge in [-0.1, -0.05) is 36.8 Å². The first kappa shape index (κ1) is 16.9. The number of nitrogens with zero attached hydrogens (tertiary/aromatic N) is 1. The molecule has 3 atom stereocenters. The Morgan fingerprint density at radius 1 is 1.27 bits per heavy atom. The highest BCUT2D eigenvalue weighted by Gasteiger charge is 2.39. The van der Waals surface area contributed by atoms with Gasteiger partial charge >= 0.3 is 0 Å². The first-order valence-corrected chi connectivity index (χ1v) is 8.89. The molecule has 0 saturated carbocycles. The Morgan fingerprint density at radius 3 is 2.36 bits per heavy atom.